The van der Waals surface area contributed by atoms with Crippen molar-refractivity contribution in [3.63, 3.8) is 0 Å². The molecule has 0 aliphatic heterocycles. The highest BCUT2D eigenvalue weighted by molar-refractivity contribution is 8.01. The summed E-state index contributed by atoms with van der Waals surface area (Å²) in [5.74, 6) is 0. The summed E-state index contributed by atoms with van der Waals surface area (Å²) in [5.41, 5.74) is 0.940. The molecule has 20 heavy (non-hydrogen) atoms. The molecular weight excluding hydrogens is 290 g/mol. The first-order valence-corrected chi connectivity index (χ1v) is 7.83. The first-order chi connectivity index (χ1) is 9.72. The standard InChI is InChI=1S/C13H13N5S2/c1-8(2)16-12-17-18-13(20-12)19-11-9-5-3-4-6-10(9)14-7-15-11/h3-8H,1-2H3,(H,16,17). The van der Waals surface area contributed by atoms with Crippen LogP contribution in [0.2, 0.25) is 0 Å². The van der Waals surface area contributed by atoms with Gasteiger partial charge in [0.1, 0.15) is 11.4 Å². The van der Waals surface area contributed by atoms with E-state index in [0.29, 0.717) is 6.04 Å². The number of hydrogen-bond acceptors (Lipinski definition) is 7. The average molecular weight is 303 g/mol. The molecule has 1 aromatic carbocycles. The lowest BCUT2D eigenvalue weighted by Crippen LogP contribution is -2.08. The summed E-state index contributed by atoms with van der Waals surface area (Å²) in [6.45, 7) is 4.15. The molecule has 0 aliphatic rings. The van der Waals surface area contributed by atoms with E-state index in [1.54, 1.807) is 6.33 Å². The summed E-state index contributed by atoms with van der Waals surface area (Å²) in [4.78, 5) is 8.60. The number of hydrogen-bond donors (Lipinski definition) is 1. The second-order valence-electron chi connectivity index (χ2n) is 4.47. The van der Waals surface area contributed by atoms with E-state index in [1.807, 2.05) is 24.3 Å². The Kier molecular flexibility index (Phi) is 3.79. The first kappa shape index (κ1) is 13.3. The molecule has 0 aliphatic carbocycles. The molecule has 2 heterocycles. The molecule has 3 rings (SSSR count). The van der Waals surface area contributed by atoms with Crippen molar-refractivity contribution in [2.75, 3.05) is 5.32 Å². The van der Waals surface area contributed by atoms with Crippen molar-refractivity contribution in [3.8, 4) is 0 Å². The fourth-order valence-electron chi connectivity index (χ4n) is 1.70. The molecule has 0 fully saturated rings. The van der Waals surface area contributed by atoms with E-state index in [4.69, 9.17) is 0 Å². The molecule has 0 saturated carbocycles. The summed E-state index contributed by atoms with van der Waals surface area (Å²) in [6.07, 6.45) is 1.58. The van der Waals surface area contributed by atoms with Crippen LogP contribution in [0.5, 0.6) is 0 Å². The van der Waals surface area contributed by atoms with E-state index >= 15 is 0 Å². The molecule has 0 unspecified atom stereocenters. The Labute approximate surface area is 124 Å². The van der Waals surface area contributed by atoms with Gasteiger partial charge >= 0.3 is 0 Å². The van der Waals surface area contributed by atoms with Gasteiger partial charge in [0.25, 0.3) is 0 Å². The van der Waals surface area contributed by atoms with E-state index in [9.17, 15) is 0 Å². The molecule has 2 aromatic heterocycles. The number of nitrogens with zero attached hydrogens (tertiary/aromatic N) is 4. The fraction of sp³-hybridized carbons (Fsp3) is 0.231. The summed E-state index contributed by atoms with van der Waals surface area (Å²) in [5, 5.41) is 14.3. The largest absolute Gasteiger partial charge is 0.358 e. The highest BCUT2D eigenvalue weighted by Gasteiger charge is 2.10. The summed E-state index contributed by atoms with van der Waals surface area (Å²) in [6, 6.07) is 8.31. The van der Waals surface area contributed by atoms with E-state index in [1.165, 1.54) is 23.1 Å². The molecule has 3 aromatic rings. The maximum absolute atomic E-state index is 4.34. The van der Waals surface area contributed by atoms with Gasteiger partial charge in [0.2, 0.25) is 5.13 Å². The zero-order chi connectivity index (χ0) is 13.9. The predicted octanol–water partition coefficient (Wildman–Crippen LogP) is 3.45. The minimum Gasteiger partial charge on any atom is -0.358 e. The van der Waals surface area contributed by atoms with Crippen LogP contribution in [-0.4, -0.2) is 26.2 Å². The lowest BCUT2D eigenvalue weighted by molar-refractivity contribution is 0.883. The Morgan fingerprint density at radius 1 is 1.15 bits per heavy atom. The molecule has 102 valence electrons. The van der Waals surface area contributed by atoms with Crippen LogP contribution in [0.1, 0.15) is 13.8 Å². The van der Waals surface area contributed by atoms with Gasteiger partial charge in [0.15, 0.2) is 4.34 Å². The minimum absolute atomic E-state index is 0.348. The van der Waals surface area contributed by atoms with Gasteiger partial charge < -0.3 is 5.32 Å². The van der Waals surface area contributed by atoms with Crippen molar-refractivity contribution in [2.45, 2.75) is 29.3 Å². The van der Waals surface area contributed by atoms with E-state index in [-0.39, 0.29) is 0 Å². The maximum Gasteiger partial charge on any atom is 0.206 e. The maximum atomic E-state index is 4.34. The zero-order valence-electron chi connectivity index (χ0n) is 11.1. The topological polar surface area (TPSA) is 63.6 Å². The summed E-state index contributed by atoms with van der Waals surface area (Å²) in [7, 11) is 0. The molecule has 5 nitrogen and oxygen atoms in total. The molecule has 1 N–H and O–H groups in total. The highest BCUT2D eigenvalue weighted by atomic mass is 32.2. The highest BCUT2D eigenvalue weighted by Crippen LogP contribution is 2.34. The molecular formula is C13H13N5S2. The van der Waals surface area contributed by atoms with Crippen LogP contribution in [0.3, 0.4) is 0 Å². The normalized spacial score (nSPS) is 11.2. The molecule has 0 bridgehead atoms. The quantitative estimate of drug-likeness (QED) is 0.745. The lowest BCUT2D eigenvalue weighted by Gasteiger charge is -2.03. The van der Waals surface area contributed by atoms with Crippen molar-refractivity contribution < 1.29 is 0 Å². The smallest absolute Gasteiger partial charge is 0.206 e. The molecule has 0 spiro atoms. The van der Waals surface area contributed by atoms with Crippen molar-refractivity contribution >= 4 is 39.1 Å². The molecule has 0 atom stereocenters. The zero-order valence-corrected chi connectivity index (χ0v) is 12.7. The van der Waals surface area contributed by atoms with Crippen molar-refractivity contribution in [2.24, 2.45) is 0 Å². The van der Waals surface area contributed by atoms with Crippen LogP contribution >= 0.6 is 23.1 Å². The number of rotatable bonds is 4. The number of aromatic nitrogens is 4. The summed E-state index contributed by atoms with van der Waals surface area (Å²) < 4.78 is 0.872. The van der Waals surface area contributed by atoms with E-state index in [0.717, 1.165) is 25.4 Å². The number of fused-ring (bicyclic) bond motifs is 1. The van der Waals surface area contributed by atoms with Gasteiger partial charge in [0, 0.05) is 11.4 Å². The minimum atomic E-state index is 0.348. The van der Waals surface area contributed by atoms with Crippen molar-refractivity contribution in [1.29, 1.82) is 0 Å². The van der Waals surface area contributed by atoms with Crippen LogP contribution in [-0.2, 0) is 0 Å². The Morgan fingerprint density at radius 3 is 2.85 bits per heavy atom. The van der Waals surface area contributed by atoms with Crippen LogP contribution in [0.15, 0.2) is 40.0 Å². The molecule has 0 amide bonds. The second-order valence-corrected chi connectivity index (χ2v) is 6.68. The van der Waals surface area contributed by atoms with Gasteiger partial charge in [-0.15, -0.1) is 10.2 Å². The summed E-state index contributed by atoms with van der Waals surface area (Å²) >= 11 is 3.05. The monoisotopic (exact) mass is 303 g/mol. The second kappa shape index (κ2) is 5.72. The van der Waals surface area contributed by atoms with E-state index in [2.05, 4.69) is 39.3 Å². The Hall–Kier alpha value is -1.73. The number of anilines is 1. The fourth-order valence-corrected chi connectivity index (χ4v) is 3.59. The van der Waals surface area contributed by atoms with Gasteiger partial charge in [-0.3, -0.25) is 0 Å². The Bertz CT molecular complexity index is 720. The lowest BCUT2D eigenvalue weighted by atomic mass is 10.2. The van der Waals surface area contributed by atoms with Gasteiger partial charge in [0.05, 0.1) is 5.52 Å². The third-order valence-electron chi connectivity index (χ3n) is 2.51. The van der Waals surface area contributed by atoms with Crippen molar-refractivity contribution in [1.82, 2.24) is 20.2 Å². The van der Waals surface area contributed by atoms with Gasteiger partial charge in [-0.05, 0) is 31.7 Å². The van der Waals surface area contributed by atoms with Gasteiger partial charge in [-0.25, -0.2) is 9.97 Å². The number of para-hydroxylation sites is 1. The number of nitrogens with one attached hydrogen (secondary N) is 1. The average Bonchev–Trinajstić information content (AvgIpc) is 2.86. The van der Waals surface area contributed by atoms with Crippen LogP contribution < -0.4 is 5.32 Å². The van der Waals surface area contributed by atoms with Crippen LogP contribution in [0.4, 0.5) is 5.13 Å². The van der Waals surface area contributed by atoms with Gasteiger partial charge in [-0.2, -0.15) is 0 Å². The van der Waals surface area contributed by atoms with Gasteiger partial charge in [-0.1, -0.05) is 29.5 Å². The predicted molar refractivity (Wildman–Crippen MR) is 82.3 cm³/mol. The Morgan fingerprint density at radius 2 is 2.00 bits per heavy atom. The molecule has 0 saturated heterocycles. The van der Waals surface area contributed by atoms with Crippen LogP contribution in [0.25, 0.3) is 10.9 Å². The third-order valence-corrected chi connectivity index (χ3v) is 4.43. The SMILES string of the molecule is CC(C)Nc1nnc(Sc2ncnc3ccccc23)s1. The van der Waals surface area contributed by atoms with E-state index < -0.39 is 0 Å². The molecule has 0 radical (unpaired) electrons. The Balaban J connectivity index is 1.88. The molecule has 7 heteroatoms. The van der Waals surface area contributed by atoms with Crippen LogP contribution in [0, 0.1) is 0 Å². The number of benzene rings is 1. The third kappa shape index (κ3) is 2.88. The first-order valence-electron chi connectivity index (χ1n) is 6.20. The van der Waals surface area contributed by atoms with Crippen molar-refractivity contribution in [3.05, 3.63) is 30.6 Å².